The monoisotopic (exact) mass is 540 g/mol. The number of rotatable bonds is 9. The van der Waals surface area contributed by atoms with Crippen molar-refractivity contribution in [2.75, 3.05) is 7.11 Å². The standard InChI is InChI=1S/C23H20O5.C9H8O3/c1-26-19-14-16(12-13-21(24)25)15-20-22(19)28-23(27-20,17-8-4-2-5-9-17)18-10-6-3-7-11-18;10-8(9(11)12)6-7-4-2-1-3-5-7/h2-11,14-15H,12-13H2,1H3,(H,24,25);1-5H,6H2,(H,11,12). The van der Waals surface area contributed by atoms with Crippen LogP contribution in [0.25, 0.3) is 0 Å². The van der Waals surface area contributed by atoms with E-state index in [1.54, 1.807) is 37.4 Å². The van der Waals surface area contributed by atoms with E-state index in [2.05, 4.69) is 0 Å². The van der Waals surface area contributed by atoms with Gasteiger partial charge in [0.25, 0.3) is 0 Å². The van der Waals surface area contributed by atoms with Gasteiger partial charge in [-0.1, -0.05) is 91.0 Å². The number of carboxylic acid groups (broad SMARTS) is 2. The fourth-order valence-corrected chi connectivity index (χ4v) is 4.25. The molecule has 40 heavy (non-hydrogen) atoms. The van der Waals surface area contributed by atoms with E-state index in [1.807, 2.05) is 72.8 Å². The first kappa shape index (κ1) is 27.9. The van der Waals surface area contributed by atoms with Gasteiger partial charge in [0.2, 0.25) is 11.5 Å². The van der Waals surface area contributed by atoms with E-state index in [4.69, 9.17) is 24.4 Å². The molecule has 0 saturated heterocycles. The Morgan fingerprint density at radius 1 is 0.750 bits per heavy atom. The molecule has 8 nitrogen and oxygen atoms in total. The summed E-state index contributed by atoms with van der Waals surface area (Å²) in [4.78, 5) is 31.8. The Morgan fingerprint density at radius 2 is 1.30 bits per heavy atom. The van der Waals surface area contributed by atoms with Crippen molar-refractivity contribution < 1.29 is 38.8 Å². The zero-order valence-electron chi connectivity index (χ0n) is 21.8. The summed E-state index contributed by atoms with van der Waals surface area (Å²) in [6, 6.07) is 31.9. The fourth-order valence-electron chi connectivity index (χ4n) is 4.25. The van der Waals surface area contributed by atoms with E-state index in [0.29, 0.717) is 23.7 Å². The maximum absolute atomic E-state index is 10.9. The predicted octanol–water partition coefficient (Wildman–Crippen LogP) is 5.27. The molecule has 0 aliphatic carbocycles. The number of fused-ring (bicyclic) bond motifs is 1. The number of benzene rings is 4. The molecule has 1 aliphatic heterocycles. The topological polar surface area (TPSA) is 119 Å². The largest absolute Gasteiger partial charge is 0.493 e. The van der Waals surface area contributed by atoms with Crippen molar-refractivity contribution in [1.29, 1.82) is 0 Å². The molecule has 0 unspecified atom stereocenters. The Kier molecular flexibility index (Phi) is 8.81. The fraction of sp³-hybridized carbons (Fsp3) is 0.156. The molecule has 0 bridgehead atoms. The molecule has 2 N–H and O–H groups in total. The zero-order chi connectivity index (χ0) is 28.5. The van der Waals surface area contributed by atoms with Gasteiger partial charge in [0.1, 0.15) is 0 Å². The van der Waals surface area contributed by atoms with Crippen molar-refractivity contribution >= 4 is 17.7 Å². The summed E-state index contributed by atoms with van der Waals surface area (Å²) in [6.07, 6.45) is 0.382. The first-order valence-electron chi connectivity index (χ1n) is 12.5. The molecule has 0 saturated carbocycles. The molecule has 1 aliphatic rings. The first-order chi connectivity index (χ1) is 19.3. The number of Topliss-reactive ketones (excluding diaryl/α,β-unsaturated/α-hetero) is 1. The highest BCUT2D eigenvalue weighted by Gasteiger charge is 2.46. The Labute approximate surface area is 231 Å². The van der Waals surface area contributed by atoms with Crippen LogP contribution < -0.4 is 14.2 Å². The van der Waals surface area contributed by atoms with E-state index >= 15 is 0 Å². The van der Waals surface area contributed by atoms with Gasteiger partial charge in [0.15, 0.2) is 11.5 Å². The number of aryl methyl sites for hydroxylation is 1. The number of ketones is 1. The smallest absolute Gasteiger partial charge is 0.372 e. The maximum atomic E-state index is 10.9. The highest BCUT2D eigenvalue weighted by Crippen LogP contribution is 2.52. The summed E-state index contributed by atoms with van der Waals surface area (Å²) in [5.41, 5.74) is 3.25. The van der Waals surface area contributed by atoms with E-state index in [1.165, 1.54) is 0 Å². The average Bonchev–Trinajstić information content (AvgIpc) is 3.38. The number of aliphatic carboxylic acids is 2. The van der Waals surface area contributed by atoms with Gasteiger partial charge < -0.3 is 24.4 Å². The molecule has 0 fully saturated rings. The minimum Gasteiger partial charge on any atom is -0.493 e. The lowest BCUT2D eigenvalue weighted by Crippen LogP contribution is -2.36. The lowest BCUT2D eigenvalue weighted by Gasteiger charge is -2.28. The third kappa shape index (κ3) is 6.47. The van der Waals surface area contributed by atoms with Crippen molar-refractivity contribution in [2.24, 2.45) is 0 Å². The molecule has 0 atom stereocenters. The minimum atomic E-state index is -1.38. The number of carbonyl (C=O) groups is 3. The second-order valence-corrected chi connectivity index (χ2v) is 8.96. The Morgan fingerprint density at radius 3 is 1.80 bits per heavy atom. The minimum absolute atomic E-state index is 0.0316. The van der Waals surface area contributed by atoms with Crippen LogP contribution in [-0.4, -0.2) is 35.0 Å². The van der Waals surface area contributed by atoms with Gasteiger partial charge in [-0.25, -0.2) is 4.79 Å². The summed E-state index contributed by atoms with van der Waals surface area (Å²) in [5, 5.41) is 17.3. The van der Waals surface area contributed by atoms with Crippen LogP contribution in [0.2, 0.25) is 0 Å². The molecule has 204 valence electrons. The van der Waals surface area contributed by atoms with Crippen molar-refractivity contribution in [3.63, 3.8) is 0 Å². The van der Waals surface area contributed by atoms with Gasteiger partial charge >= 0.3 is 17.7 Å². The lowest BCUT2D eigenvalue weighted by atomic mass is 9.97. The van der Waals surface area contributed by atoms with Crippen LogP contribution in [-0.2, 0) is 33.0 Å². The van der Waals surface area contributed by atoms with E-state index in [9.17, 15) is 14.4 Å². The van der Waals surface area contributed by atoms with E-state index in [-0.39, 0.29) is 12.8 Å². The molecular weight excluding hydrogens is 512 g/mol. The van der Waals surface area contributed by atoms with Crippen molar-refractivity contribution in [3.8, 4) is 17.2 Å². The van der Waals surface area contributed by atoms with Crippen LogP contribution in [0.3, 0.4) is 0 Å². The normalized spacial score (nSPS) is 12.5. The van der Waals surface area contributed by atoms with Crippen LogP contribution in [0, 0.1) is 0 Å². The number of carboxylic acids is 2. The molecule has 0 radical (unpaired) electrons. The summed E-state index contributed by atoms with van der Waals surface area (Å²) < 4.78 is 18.3. The molecule has 4 aromatic rings. The second kappa shape index (κ2) is 12.6. The summed E-state index contributed by atoms with van der Waals surface area (Å²) in [5.74, 6) is -2.57. The number of hydrogen-bond donors (Lipinski definition) is 2. The van der Waals surface area contributed by atoms with Crippen LogP contribution in [0.15, 0.2) is 103 Å². The molecule has 0 amide bonds. The highest BCUT2D eigenvalue weighted by atomic mass is 16.7. The van der Waals surface area contributed by atoms with Gasteiger partial charge in [0.05, 0.1) is 7.11 Å². The molecule has 0 aromatic heterocycles. The summed E-state index contributed by atoms with van der Waals surface area (Å²) >= 11 is 0. The van der Waals surface area contributed by atoms with Gasteiger partial charge in [-0.2, -0.15) is 0 Å². The third-order valence-corrected chi connectivity index (χ3v) is 6.18. The molecule has 5 rings (SSSR count). The number of ether oxygens (including phenoxy) is 3. The summed E-state index contributed by atoms with van der Waals surface area (Å²) in [6.45, 7) is 0. The van der Waals surface area contributed by atoms with Gasteiger partial charge in [-0.3, -0.25) is 9.59 Å². The molecule has 1 heterocycles. The molecule has 8 heteroatoms. The van der Waals surface area contributed by atoms with Gasteiger partial charge in [-0.05, 0) is 29.7 Å². The highest BCUT2D eigenvalue weighted by molar-refractivity contribution is 6.33. The van der Waals surface area contributed by atoms with Crippen molar-refractivity contribution in [2.45, 2.75) is 25.0 Å². The molecular formula is C32H28O8. The summed E-state index contributed by atoms with van der Waals surface area (Å²) in [7, 11) is 1.56. The van der Waals surface area contributed by atoms with Crippen LogP contribution in [0.5, 0.6) is 17.2 Å². The predicted molar refractivity (Wildman–Crippen MR) is 147 cm³/mol. The van der Waals surface area contributed by atoms with Crippen LogP contribution in [0.4, 0.5) is 0 Å². The lowest BCUT2D eigenvalue weighted by molar-refractivity contribution is -0.148. The Hall–Kier alpha value is -5.11. The van der Waals surface area contributed by atoms with E-state index < -0.39 is 23.5 Å². The second-order valence-electron chi connectivity index (χ2n) is 8.96. The maximum Gasteiger partial charge on any atom is 0.372 e. The van der Waals surface area contributed by atoms with Gasteiger partial charge in [0, 0.05) is 24.0 Å². The number of carbonyl (C=O) groups excluding carboxylic acids is 1. The molecule has 0 spiro atoms. The van der Waals surface area contributed by atoms with Gasteiger partial charge in [-0.15, -0.1) is 0 Å². The first-order valence-corrected chi connectivity index (χ1v) is 12.5. The van der Waals surface area contributed by atoms with Crippen molar-refractivity contribution in [3.05, 3.63) is 125 Å². The SMILES string of the molecule is COc1cc(CCC(=O)O)cc2c1OC(c1ccccc1)(c1ccccc1)O2.O=C(O)C(=O)Cc1ccccc1. The van der Waals surface area contributed by atoms with Crippen molar-refractivity contribution in [1.82, 2.24) is 0 Å². The zero-order valence-corrected chi connectivity index (χ0v) is 21.8. The Bertz CT molecular complexity index is 1430. The number of hydrogen-bond acceptors (Lipinski definition) is 6. The average molecular weight is 541 g/mol. The quantitative estimate of drug-likeness (QED) is 0.276. The van der Waals surface area contributed by atoms with E-state index in [0.717, 1.165) is 22.3 Å². The molecule has 4 aromatic carbocycles. The van der Waals surface area contributed by atoms with Crippen LogP contribution >= 0.6 is 0 Å². The van der Waals surface area contributed by atoms with Crippen LogP contribution in [0.1, 0.15) is 28.7 Å². The third-order valence-electron chi connectivity index (χ3n) is 6.18. The Balaban J connectivity index is 0.000000259. The number of methoxy groups -OCH3 is 1.